The van der Waals surface area contributed by atoms with E-state index in [2.05, 4.69) is 34.4 Å². The monoisotopic (exact) mass is 318 g/mol. The van der Waals surface area contributed by atoms with Crippen LogP contribution in [0, 0.1) is 0 Å². The van der Waals surface area contributed by atoms with Gasteiger partial charge in [0.15, 0.2) is 5.96 Å². The lowest BCUT2D eigenvalue weighted by Gasteiger charge is -2.32. The predicted octanol–water partition coefficient (Wildman–Crippen LogP) is 2.32. The summed E-state index contributed by atoms with van der Waals surface area (Å²) in [6.07, 6.45) is 3.57. The number of nitrogens with one attached hydrogen (secondary N) is 2. The van der Waals surface area contributed by atoms with Gasteiger partial charge in [-0.15, -0.1) is 0 Å². The van der Waals surface area contributed by atoms with E-state index in [1.165, 1.54) is 38.9 Å². The van der Waals surface area contributed by atoms with Gasteiger partial charge in [-0.2, -0.15) is 0 Å². The van der Waals surface area contributed by atoms with E-state index < -0.39 is 0 Å². The standard InChI is InChI=1S/C18H30N4O/c1-3-11-22-12-9-16(10-13-22)21-18(19-4-2)20-14-15-5-7-17(23)8-6-15/h5-8,16,23H,3-4,9-14H2,1-2H3,(H2,19,20,21). The summed E-state index contributed by atoms with van der Waals surface area (Å²) in [5.41, 5.74) is 1.10. The summed E-state index contributed by atoms with van der Waals surface area (Å²) in [7, 11) is 0. The fourth-order valence-electron chi connectivity index (χ4n) is 2.90. The van der Waals surface area contributed by atoms with Gasteiger partial charge >= 0.3 is 0 Å². The van der Waals surface area contributed by atoms with Crippen molar-refractivity contribution in [3.05, 3.63) is 29.8 Å². The lowest BCUT2D eigenvalue weighted by atomic mass is 10.1. The average Bonchev–Trinajstić information content (AvgIpc) is 2.56. The van der Waals surface area contributed by atoms with Crippen LogP contribution in [0.25, 0.3) is 0 Å². The lowest BCUT2D eigenvalue weighted by Crippen LogP contribution is -2.48. The largest absolute Gasteiger partial charge is 0.508 e. The highest BCUT2D eigenvalue weighted by Gasteiger charge is 2.19. The van der Waals surface area contributed by atoms with E-state index in [0.717, 1.165) is 18.1 Å². The van der Waals surface area contributed by atoms with Crippen molar-refractivity contribution in [3.63, 3.8) is 0 Å². The van der Waals surface area contributed by atoms with Gasteiger partial charge < -0.3 is 20.6 Å². The molecule has 0 radical (unpaired) electrons. The Bertz CT molecular complexity index is 478. The minimum absolute atomic E-state index is 0.293. The number of nitrogens with zero attached hydrogens (tertiary/aromatic N) is 2. The topological polar surface area (TPSA) is 59.9 Å². The molecule has 5 nitrogen and oxygen atoms in total. The third-order valence-electron chi connectivity index (χ3n) is 4.17. The van der Waals surface area contributed by atoms with Crippen molar-refractivity contribution >= 4 is 5.96 Å². The highest BCUT2D eigenvalue weighted by Crippen LogP contribution is 2.12. The van der Waals surface area contributed by atoms with E-state index in [1.807, 2.05) is 12.1 Å². The summed E-state index contributed by atoms with van der Waals surface area (Å²) in [5, 5.41) is 16.2. The molecule has 0 unspecified atom stereocenters. The van der Waals surface area contributed by atoms with E-state index in [-0.39, 0.29) is 0 Å². The molecule has 1 heterocycles. The Kier molecular flexibility index (Phi) is 7.20. The van der Waals surface area contributed by atoms with Crippen LogP contribution >= 0.6 is 0 Å². The molecule has 0 amide bonds. The molecule has 0 aliphatic carbocycles. The number of phenolic OH excluding ortho intramolecular Hbond substituents is 1. The van der Waals surface area contributed by atoms with E-state index in [9.17, 15) is 5.11 Å². The molecule has 2 rings (SSSR count). The van der Waals surface area contributed by atoms with Gasteiger partial charge in [0.1, 0.15) is 5.75 Å². The molecule has 0 saturated carbocycles. The molecule has 1 fully saturated rings. The third-order valence-corrected chi connectivity index (χ3v) is 4.17. The van der Waals surface area contributed by atoms with Crippen LogP contribution in [0.1, 0.15) is 38.7 Å². The van der Waals surface area contributed by atoms with Crippen LogP contribution in [0.3, 0.4) is 0 Å². The predicted molar refractivity (Wildman–Crippen MR) is 95.8 cm³/mol. The minimum Gasteiger partial charge on any atom is -0.508 e. The van der Waals surface area contributed by atoms with Gasteiger partial charge in [-0.3, -0.25) is 0 Å². The molecular weight excluding hydrogens is 288 g/mol. The number of hydrogen-bond acceptors (Lipinski definition) is 3. The summed E-state index contributed by atoms with van der Waals surface area (Å²) in [6.45, 7) is 9.35. The zero-order chi connectivity index (χ0) is 16.5. The van der Waals surface area contributed by atoms with Crippen molar-refractivity contribution in [2.45, 2.75) is 45.7 Å². The summed E-state index contributed by atoms with van der Waals surface area (Å²) in [6, 6.07) is 7.72. The van der Waals surface area contributed by atoms with Crippen molar-refractivity contribution in [2.24, 2.45) is 4.99 Å². The Hall–Kier alpha value is -1.75. The summed E-state index contributed by atoms with van der Waals surface area (Å²) in [5.74, 6) is 1.18. The number of aromatic hydroxyl groups is 1. The number of phenols is 1. The first kappa shape index (κ1) is 17.6. The Morgan fingerprint density at radius 2 is 1.91 bits per heavy atom. The SMILES string of the molecule is CCCN1CCC(NC(=NCc2ccc(O)cc2)NCC)CC1. The minimum atomic E-state index is 0.293. The second-order valence-electron chi connectivity index (χ2n) is 6.12. The second kappa shape index (κ2) is 9.40. The van der Waals surface area contributed by atoms with Gasteiger partial charge in [0.05, 0.1) is 6.54 Å². The van der Waals surface area contributed by atoms with E-state index in [1.54, 1.807) is 12.1 Å². The van der Waals surface area contributed by atoms with Gasteiger partial charge in [-0.25, -0.2) is 4.99 Å². The average molecular weight is 318 g/mol. The first-order valence-electron chi connectivity index (χ1n) is 8.76. The normalized spacial score (nSPS) is 17.2. The Labute approximate surface area is 139 Å². The molecule has 1 aromatic carbocycles. The number of hydrogen-bond donors (Lipinski definition) is 3. The highest BCUT2D eigenvalue weighted by molar-refractivity contribution is 5.80. The molecule has 3 N–H and O–H groups in total. The van der Waals surface area contributed by atoms with E-state index >= 15 is 0 Å². The molecule has 128 valence electrons. The molecule has 0 spiro atoms. The van der Waals surface area contributed by atoms with Crippen LogP contribution in [-0.4, -0.2) is 48.2 Å². The molecular formula is C18H30N4O. The molecule has 5 heteroatoms. The van der Waals surface area contributed by atoms with Gasteiger partial charge in [0, 0.05) is 25.7 Å². The first-order valence-corrected chi connectivity index (χ1v) is 8.76. The van der Waals surface area contributed by atoms with Crippen LogP contribution in [0.2, 0.25) is 0 Å². The fraction of sp³-hybridized carbons (Fsp3) is 0.611. The smallest absolute Gasteiger partial charge is 0.191 e. The van der Waals surface area contributed by atoms with Gasteiger partial charge in [-0.1, -0.05) is 19.1 Å². The van der Waals surface area contributed by atoms with Crippen LogP contribution in [-0.2, 0) is 6.54 Å². The summed E-state index contributed by atoms with van der Waals surface area (Å²) >= 11 is 0. The maximum absolute atomic E-state index is 9.33. The molecule has 1 saturated heterocycles. The molecule has 0 aromatic heterocycles. The van der Waals surface area contributed by atoms with Gasteiger partial charge in [0.25, 0.3) is 0 Å². The van der Waals surface area contributed by atoms with Crippen molar-refractivity contribution in [2.75, 3.05) is 26.2 Å². The van der Waals surface area contributed by atoms with Gasteiger partial charge in [0.2, 0.25) is 0 Å². The molecule has 0 atom stereocenters. The summed E-state index contributed by atoms with van der Waals surface area (Å²) < 4.78 is 0. The zero-order valence-electron chi connectivity index (χ0n) is 14.4. The van der Waals surface area contributed by atoms with Gasteiger partial charge in [-0.05, 0) is 50.4 Å². The maximum Gasteiger partial charge on any atom is 0.191 e. The quantitative estimate of drug-likeness (QED) is 0.556. The Morgan fingerprint density at radius 3 is 2.52 bits per heavy atom. The number of guanidine groups is 1. The van der Waals surface area contributed by atoms with Crippen LogP contribution in [0.5, 0.6) is 5.75 Å². The number of likely N-dealkylation sites (tertiary alicyclic amines) is 1. The van der Waals surface area contributed by atoms with Crippen LogP contribution < -0.4 is 10.6 Å². The third kappa shape index (κ3) is 6.10. The molecule has 23 heavy (non-hydrogen) atoms. The zero-order valence-corrected chi connectivity index (χ0v) is 14.4. The van der Waals surface area contributed by atoms with Crippen molar-refractivity contribution in [3.8, 4) is 5.75 Å². The number of benzene rings is 1. The van der Waals surface area contributed by atoms with E-state index in [0.29, 0.717) is 18.3 Å². The maximum atomic E-state index is 9.33. The van der Waals surface area contributed by atoms with Crippen LogP contribution in [0.15, 0.2) is 29.3 Å². The molecule has 1 aliphatic rings. The number of rotatable bonds is 6. The number of piperidine rings is 1. The molecule has 1 aromatic rings. The molecule has 1 aliphatic heterocycles. The lowest BCUT2D eigenvalue weighted by molar-refractivity contribution is 0.206. The van der Waals surface area contributed by atoms with Crippen LogP contribution in [0.4, 0.5) is 0 Å². The Balaban J connectivity index is 1.85. The highest BCUT2D eigenvalue weighted by atomic mass is 16.3. The Morgan fingerprint density at radius 1 is 1.22 bits per heavy atom. The first-order chi connectivity index (χ1) is 11.2. The summed E-state index contributed by atoms with van der Waals surface area (Å²) in [4.78, 5) is 7.20. The van der Waals surface area contributed by atoms with Crippen molar-refractivity contribution in [1.29, 1.82) is 0 Å². The fourth-order valence-corrected chi connectivity index (χ4v) is 2.90. The van der Waals surface area contributed by atoms with Crippen molar-refractivity contribution in [1.82, 2.24) is 15.5 Å². The number of aliphatic imine (C=N–C) groups is 1. The van der Waals surface area contributed by atoms with E-state index in [4.69, 9.17) is 0 Å². The van der Waals surface area contributed by atoms with Crippen molar-refractivity contribution < 1.29 is 5.11 Å². The second-order valence-corrected chi connectivity index (χ2v) is 6.12. The molecule has 0 bridgehead atoms.